The average molecular weight is 168 g/mol. The monoisotopic (exact) mass is 168 g/mol. The fourth-order valence-corrected chi connectivity index (χ4v) is 1.38. The molecule has 0 atom stereocenters. The zero-order valence-electron chi connectivity index (χ0n) is 6.76. The Morgan fingerprint density at radius 2 is 2.09 bits per heavy atom. The van der Waals surface area contributed by atoms with Crippen molar-refractivity contribution in [3.05, 3.63) is 23.3 Å². The van der Waals surface area contributed by atoms with Crippen LogP contribution in [0.15, 0.2) is 17.0 Å². The minimum Gasteiger partial charge on any atom is -0.508 e. The van der Waals surface area contributed by atoms with Crippen molar-refractivity contribution >= 4 is 12.6 Å². The van der Waals surface area contributed by atoms with Crippen molar-refractivity contribution in [3.63, 3.8) is 0 Å². The van der Waals surface area contributed by atoms with Gasteiger partial charge in [-0.15, -0.1) is 12.6 Å². The second kappa shape index (κ2) is 3.18. The van der Waals surface area contributed by atoms with Gasteiger partial charge in [-0.1, -0.05) is 13.0 Å². The highest BCUT2D eigenvalue weighted by molar-refractivity contribution is 7.80. The molecule has 0 saturated heterocycles. The lowest BCUT2D eigenvalue weighted by Crippen LogP contribution is -1.86. The Bertz CT molecular complexity index is 269. The molecule has 0 spiro atoms. The predicted octanol–water partition coefficient (Wildman–Crippen LogP) is 2.55. The van der Waals surface area contributed by atoms with Crippen molar-refractivity contribution in [1.29, 1.82) is 0 Å². The molecular formula is C9H12OS. The van der Waals surface area contributed by atoms with Crippen LogP contribution in [-0.2, 0) is 6.42 Å². The van der Waals surface area contributed by atoms with Gasteiger partial charge in [-0.3, -0.25) is 0 Å². The van der Waals surface area contributed by atoms with E-state index in [1.165, 1.54) is 5.56 Å². The van der Waals surface area contributed by atoms with Crippen LogP contribution in [0.3, 0.4) is 0 Å². The number of hydrogen-bond donors (Lipinski definition) is 2. The lowest BCUT2D eigenvalue weighted by atomic mass is 10.1. The average Bonchev–Trinajstić information content (AvgIpc) is 2.01. The van der Waals surface area contributed by atoms with Crippen LogP contribution in [0.2, 0.25) is 0 Å². The van der Waals surface area contributed by atoms with Gasteiger partial charge in [0.2, 0.25) is 0 Å². The lowest BCUT2D eigenvalue weighted by Gasteiger charge is -2.06. The molecule has 11 heavy (non-hydrogen) atoms. The molecule has 0 saturated carbocycles. The zero-order chi connectivity index (χ0) is 8.43. The number of thiol groups is 1. The Hall–Kier alpha value is -0.630. The molecule has 1 rings (SSSR count). The standard InChI is InChI=1S/C9H12OS/c1-3-7-4-5-8(10)6(2)9(7)11/h4-5,10-11H,3H2,1-2H3. The van der Waals surface area contributed by atoms with Gasteiger partial charge in [0, 0.05) is 10.5 Å². The number of aryl methyl sites for hydroxylation is 1. The van der Waals surface area contributed by atoms with Gasteiger partial charge in [0.1, 0.15) is 5.75 Å². The van der Waals surface area contributed by atoms with E-state index in [0.717, 1.165) is 16.9 Å². The van der Waals surface area contributed by atoms with Gasteiger partial charge in [0.15, 0.2) is 0 Å². The SMILES string of the molecule is CCc1ccc(O)c(C)c1S. The number of benzene rings is 1. The van der Waals surface area contributed by atoms with Crippen LogP contribution in [-0.4, -0.2) is 5.11 Å². The van der Waals surface area contributed by atoms with Crippen molar-refractivity contribution in [2.45, 2.75) is 25.2 Å². The highest BCUT2D eigenvalue weighted by Gasteiger charge is 2.03. The minimum absolute atomic E-state index is 0.326. The summed E-state index contributed by atoms with van der Waals surface area (Å²) in [4.78, 5) is 0.910. The molecule has 1 N–H and O–H groups in total. The zero-order valence-corrected chi connectivity index (χ0v) is 7.65. The fourth-order valence-electron chi connectivity index (χ4n) is 1.03. The van der Waals surface area contributed by atoms with Crippen LogP contribution in [0, 0.1) is 6.92 Å². The van der Waals surface area contributed by atoms with Gasteiger partial charge in [-0.2, -0.15) is 0 Å². The number of aromatic hydroxyl groups is 1. The van der Waals surface area contributed by atoms with Gasteiger partial charge >= 0.3 is 0 Å². The van der Waals surface area contributed by atoms with Crippen molar-refractivity contribution in [1.82, 2.24) is 0 Å². The van der Waals surface area contributed by atoms with Crippen LogP contribution in [0.25, 0.3) is 0 Å². The van der Waals surface area contributed by atoms with Gasteiger partial charge in [0.05, 0.1) is 0 Å². The number of phenols is 1. The maximum absolute atomic E-state index is 9.27. The fraction of sp³-hybridized carbons (Fsp3) is 0.333. The first-order valence-corrected chi connectivity index (χ1v) is 4.12. The lowest BCUT2D eigenvalue weighted by molar-refractivity contribution is 0.468. The Morgan fingerprint density at radius 3 is 2.64 bits per heavy atom. The van der Waals surface area contributed by atoms with Crippen molar-refractivity contribution < 1.29 is 5.11 Å². The second-order valence-corrected chi connectivity index (χ2v) is 3.02. The predicted molar refractivity (Wildman–Crippen MR) is 49.5 cm³/mol. The summed E-state index contributed by atoms with van der Waals surface area (Å²) in [5, 5.41) is 9.27. The van der Waals surface area contributed by atoms with Crippen LogP contribution >= 0.6 is 12.6 Å². The summed E-state index contributed by atoms with van der Waals surface area (Å²) in [5.74, 6) is 0.326. The third-order valence-electron chi connectivity index (χ3n) is 1.87. The molecule has 60 valence electrons. The first-order valence-electron chi connectivity index (χ1n) is 3.67. The number of phenolic OH excluding ortho intramolecular Hbond substituents is 1. The van der Waals surface area contributed by atoms with E-state index in [4.69, 9.17) is 0 Å². The topological polar surface area (TPSA) is 20.2 Å². The Balaban J connectivity index is 3.25. The van der Waals surface area contributed by atoms with Crippen LogP contribution in [0.1, 0.15) is 18.1 Å². The molecule has 1 aromatic rings. The molecule has 0 aliphatic rings. The third-order valence-corrected chi connectivity index (χ3v) is 2.49. The quantitative estimate of drug-likeness (QED) is 0.617. The maximum atomic E-state index is 9.27. The van der Waals surface area contributed by atoms with Crippen molar-refractivity contribution in [2.75, 3.05) is 0 Å². The third kappa shape index (κ3) is 1.51. The molecule has 2 heteroatoms. The molecule has 0 aromatic heterocycles. The van der Waals surface area contributed by atoms with Crippen LogP contribution in [0.4, 0.5) is 0 Å². The van der Waals surface area contributed by atoms with E-state index in [2.05, 4.69) is 19.6 Å². The van der Waals surface area contributed by atoms with Gasteiger partial charge < -0.3 is 5.11 Å². The van der Waals surface area contributed by atoms with E-state index in [0.29, 0.717) is 5.75 Å². The molecule has 1 nitrogen and oxygen atoms in total. The summed E-state index contributed by atoms with van der Waals surface area (Å²) < 4.78 is 0. The summed E-state index contributed by atoms with van der Waals surface area (Å²) in [6, 6.07) is 3.62. The van der Waals surface area contributed by atoms with E-state index < -0.39 is 0 Å². The Morgan fingerprint density at radius 1 is 1.45 bits per heavy atom. The minimum atomic E-state index is 0.326. The first kappa shape index (κ1) is 8.47. The number of rotatable bonds is 1. The first-order chi connectivity index (χ1) is 5.16. The van der Waals surface area contributed by atoms with E-state index in [9.17, 15) is 5.11 Å². The highest BCUT2D eigenvalue weighted by atomic mass is 32.1. The van der Waals surface area contributed by atoms with Crippen LogP contribution in [0.5, 0.6) is 5.75 Å². The van der Waals surface area contributed by atoms with E-state index in [1.807, 2.05) is 13.0 Å². The van der Waals surface area contributed by atoms with Gasteiger partial charge in [-0.25, -0.2) is 0 Å². The highest BCUT2D eigenvalue weighted by Crippen LogP contribution is 2.26. The molecule has 0 aliphatic carbocycles. The summed E-state index contributed by atoms with van der Waals surface area (Å²) in [6.07, 6.45) is 0.958. The molecule has 0 heterocycles. The smallest absolute Gasteiger partial charge is 0.119 e. The Labute approximate surface area is 72.5 Å². The molecule has 0 bridgehead atoms. The van der Waals surface area contributed by atoms with E-state index >= 15 is 0 Å². The maximum Gasteiger partial charge on any atom is 0.119 e. The number of hydrogen-bond acceptors (Lipinski definition) is 2. The summed E-state index contributed by atoms with van der Waals surface area (Å²) in [5.41, 5.74) is 2.05. The summed E-state index contributed by atoms with van der Waals surface area (Å²) in [7, 11) is 0. The second-order valence-electron chi connectivity index (χ2n) is 2.57. The molecule has 1 aromatic carbocycles. The van der Waals surface area contributed by atoms with Crippen molar-refractivity contribution in [3.8, 4) is 5.75 Å². The summed E-state index contributed by atoms with van der Waals surface area (Å²) in [6.45, 7) is 3.95. The molecule has 0 unspecified atom stereocenters. The summed E-state index contributed by atoms with van der Waals surface area (Å²) >= 11 is 4.30. The van der Waals surface area contributed by atoms with Gasteiger partial charge in [0.25, 0.3) is 0 Å². The largest absolute Gasteiger partial charge is 0.508 e. The van der Waals surface area contributed by atoms with E-state index in [1.54, 1.807) is 6.07 Å². The Kier molecular flexibility index (Phi) is 2.45. The molecule has 0 radical (unpaired) electrons. The molecule has 0 fully saturated rings. The van der Waals surface area contributed by atoms with Crippen LogP contribution < -0.4 is 0 Å². The normalized spacial score (nSPS) is 10.1. The molecule has 0 aliphatic heterocycles. The molecular weight excluding hydrogens is 156 g/mol. The van der Waals surface area contributed by atoms with Crippen molar-refractivity contribution in [2.24, 2.45) is 0 Å². The molecule has 0 amide bonds. The van der Waals surface area contributed by atoms with Gasteiger partial charge in [-0.05, 0) is 25.0 Å². The van der Waals surface area contributed by atoms with E-state index in [-0.39, 0.29) is 0 Å².